The third-order valence-electron chi connectivity index (χ3n) is 2.96. The summed E-state index contributed by atoms with van der Waals surface area (Å²) in [5.74, 6) is 0. The van der Waals surface area contributed by atoms with Crippen molar-refractivity contribution in [2.75, 3.05) is 5.73 Å². The van der Waals surface area contributed by atoms with Crippen LogP contribution in [0, 0.1) is 11.6 Å². The number of H-pyrrole nitrogens is 1. The first-order chi connectivity index (χ1) is 9.15. The fourth-order valence-corrected chi connectivity index (χ4v) is 2.21. The van der Waals surface area contributed by atoms with E-state index in [1.54, 1.807) is 0 Å². The fourth-order valence-electron chi connectivity index (χ4n) is 2.00. The van der Waals surface area contributed by atoms with Crippen molar-refractivity contribution in [1.82, 2.24) is 20.3 Å². The molecule has 0 aromatic carbocycles. The van der Waals surface area contributed by atoms with Crippen LogP contribution in [0.2, 0.25) is 0 Å². The van der Waals surface area contributed by atoms with Gasteiger partial charge in [-0.15, -0.1) is 0 Å². The van der Waals surface area contributed by atoms with E-state index in [4.69, 9.17) is 18.0 Å². The van der Waals surface area contributed by atoms with Crippen molar-refractivity contribution in [2.45, 2.75) is 13.3 Å². The van der Waals surface area contributed by atoms with Gasteiger partial charge in [0.1, 0.15) is 4.64 Å². The van der Waals surface area contributed by atoms with Gasteiger partial charge in [0.05, 0.1) is 5.69 Å². The number of pyridine rings is 2. The van der Waals surface area contributed by atoms with Gasteiger partial charge in [-0.25, -0.2) is 9.61 Å². The van der Waals surface area contributed by atoms with Gasteiger partial charge >= 0.3 is 0 Å². The molecule has 6 nitrogen and oxygen atoms in total. The van der Waals surface area contributed by atoms with Gasteiger partial charge in [-0.05, 0) is 29.4 Å². The van der Waals surface area contributed by atoms with Crippen LogP contribution in [0.15, 0.2) is 22.8 Å². The lowest BCUT2D eigenvalue weighted by molar-refractivity contribution is 0.315. The Labute approximate surface area is 113 Å². The summed E-state index contributed by atoms with van der Waals surface area (Å²) >= 11 is 5.10. The lowest BCUT2D eigenvalue weighted by Crippen LogP contribution is -2.03. The zero-order valence-electron chi connectivity index (χ0n) is 10.2. The van der Waals surface area contributed by atoms with Crippen molar-refractivity contribution >= 4 is 29.1 Å². The average molecular weight is 273 g/mol. The van der Waals surface area contributed by atoms with Crippen LogP contribution in [-0.4, -0.2) is 20.3 Å². The molecule has 3 aromatic heterocycles. The number of nitrogens with one attached hydrogen (secondary N) is 1. The van der Waals surface area contributed by atoms with Gasteiger partial charge < -0.3 is 10.7 Å². The van der Waals surface area contributed by atoms with Gasteiger partial charge in [-0.3, -0.25) is 0 Å². The quantitative estimate of drug-likeness (QED) is 0.695. The molecule has 0 amide bonds. The zero-order chi connectivity index (χ0) is 13.4. The highest BCUT2D eigenvalue weighted by atomic mass is 32.1. The largest absolute Gasteiger partial charge is 0.396 e. The first-order valence-corrected chi connectivity index (χ1v) is 6.11. The molecule has 0 unspecified atom stereocenters. The Balaban J connectivity index is 2.12. The molecule has 0 saturated heterocycles. The highest BCUT2D eigenvalue weighted by molar-refractivity contribution is 7.71. The van der Waals surface area contributed by atoms with Gasteiger partial charge in [0.25, 0.3) is 0 Å². The Morgan fingerprint density at radius 3 is 3.00 bits per heavy atom. The summed E-state index contributed by atoms with van der Waals surface area (Å²) in [6.45, 7) is 1.89. The van der Waals surface area contributed by atoms with E-state index in [1.807, 2.05) is 25.1 Å². The average Bonchev–Trinajstić information content (AvgIpc) is 2.83. The molecule has 19 heavy (non-hydrogen) atoms. The second-order valence-corrected chi connectivity index (χ2v) is 4.68. The van der Waals surface area contributed by atoms with Gasteiger partial charge in [-0.1, -0.05) is 18.3 Å². The number of hydrogen-bond donors (Lipinski definition) is 2. The van der Waals surface area contributed by atoms with Crippen LogP contribution in [0.25, 0.3) is 11.2 Å². The molecule has 0 saturated carbocycles. The third kappa shape index (κ3) is 2.08. The number of hydrogen-bond acceptors (Lipinski definition) is 6. The molecule has 3 N–H and O–H groups in total. The van der Waals surface area contributed by atoms with Crippen molar-refractivity contribution in [3.63, 3.8) is 0 Å². The number of nitrogens with zero attached hydrogens (tertiary/aromatic N) is 3. The summed E-state index contributed by atoms with van der Waals surface area (Å²) in [7, 11) is 0. The van der Waals surface area contributed by atoms with Crippen molar-refractivity contribution in [1.29, 1.82) is 0 Å². The standard InChI is InChI=1S/C12H11N5OS/c1-6-8(5-7-3-2-4-9(19)15-7)10(13)11-12(14-6)17-18-16-11/h2-4H,5,13H2,1H3,(H,15,19). The Morgan fingerprint density at radius 1 is 1.37 bits per heavy atom. The van der Waals surface area contributed by atoms with Gasteiger partial charge in [-0.2, -0.15) is 0 Å². The molecule has 0 bridgehead atoms. The number of fused-ring (bicyclic) bond motifs is 1. The van der Waals surface area contributed by atoms with Crippen LogP contribution in [0.5, 0.6) is 0 Å². The molecule has 0 radical (unpaired) electrons. The molecule has 0 aliphatic rings. The molecular formula is C12H11N5OS. The van der Waals surface area contributed by atoms with Crippen molar-refractivity contribution < 1.29 is 4.63 Å². The number of nitrogen functional groups attached to an aromatic ring is 1. The first kappa shape index (κ1) is 11.8. The molecule has 0 aliphatic heterocycles. The molecule has 3 rings (SSSR count). The van der Waals surface area contributed by atoms with E-state index >= 15 is 0 Å². The van der Waals surface area contributed by atoms with E-state index in [2.05, 4.69) is 24.9 Å². The van der Waals surface area contributed by atoms with E-state index in [1.165, 1.54) is 0 Å². The molecule has 0 aliphatic carbocycles. The molecule has 3 aromatic rings. The number of aryl methyl sites for hydroxylation is 1. The number of aromatic amines is 1. The highest BCUT2D eigenvalue weighted by Gasteiger charge is 2.14. The second-order valence-electron chi connectivity index (χ2n) is 4.24. The Hall–Kier alpha value is -2.28. The predicted octanol–water partition coefficient (Wildman–Crippen LogP) is 2.16. The number of rotatable bonds is 2. The Bertz CT molecular complexity index is 807. The third-order valence-corrected chi connectivity index (χ3v) is 3.20. The van der Waals surface area contributed by atoms with Crippen LogP contribution in [-0.2, 0) is 6.42 Å². The number of aromatic nitrogens is 4. The SMILES string of the molecule is Cc1nc2nonc2c(N)c1Cc1cccc(=S)[nH]1. The van der Waals surface area contributed by atoms with E-state index in [-0.39, 0.29) is 0 Å². The zero-order valence-corrected chi connectivity index (χ0v) is 11.0. The maximum atomic E-state index is 6.11. The Morgan fingerprint density at radius 2 is 2.21 bits per heavy atom. The van der Waals surface area contributed by atoms with Crippen LogP contribution in [0.3, 0.4) is 0 Å². The summed E-state index contributed by atoms with van der Waals surface area (Å²) in [6.07, 6.45) is 0.609. The van der Waals surface area contributed by atoms with Gasteiger partial charge in [0.15, 0.2) is 5.52 Å². The normalized spacial score (nSPS) is 11.0. The van der Waals surface area contributed by atoms with E-state index < -0.39 is 0 Å². The summed E-state index contributed by atoms with van der Waals surface area (Å²) in [6, 6.07) is 5.70. The summed E-state index contributed by atoms with van der Waals surface area (Å²) < 4.78 is 5.34. The van der Waals surface area contributed by atoms with Crippen LogP contribution >= 0.6 is 12.2 Å². The molecule has 0 spiro atoms. The molecule has 96 valence electrons. The van der Waals surface area contributed by atoms with Crippen LogP contribution in [0.1, 0.15) is 17.0 Å². The van der Waals surface area contributed by atoms with Crippen molar-refractivity contribution in [3.8, 4) is 0 Å². The second kappa shape index (κ2) is 4.43. The van der Waals surface area contributed by atoms with Crippen molar-refractivity contribution in [3.05, 3.63) is 39.8 Å². The maximum absolute atomic E-state index is 6.11. The molecule has 0 fully saturated rings. The summed E-state index contributed by atoms with van der Waals surface area (Å²) in [5, 5.41) is 7.48. The Kier molecular flexibility index (Phi) is 2.75. The minimum Gasteiger partial charge on any atom is -0.396 e. The number of anilines is 1. The highest BCUT2D eigenvalue weighted by Crippen LogP contribution is 2.24. The number of nitrogens with two attached hydrogens (primary N) is 1. The van der Waals surface area contributed by atoms with Gasteiger partial charge in [0, 0.05) is 23.4 Å². The van der Waals surface area contributed by atoms with E-state index in [0.717, 1.165) is 17.0 Å². The summed E-state index contributed by atoms with van der Waals surface area (Å²) in [4.78, 5) is 7.45. The minimum atomic E-state index is 0.430. The lowest BCUT2D eigenvalue weighted by atomic mass is 10.1. The molecular weight excluding hydrogens is 262 g/mol. The van der Waals surface area contributed by atoms with E-state index in [0.29, 0.717) is 27.9 Å². The summed E-state index contributed by atoms with van der Waals surface area (Å²) in [5.41, 5.74) is 10.3. The topological polar surface area (TPSA) is 93.6 Å². The fraction of sp³-hybridized carbons (Fsp3) is 0.167. The molecule has 7 heteroatoms. The first-order valence-electron chi connectivity index (χ1n) is 5.70. The minimum absolute atomic E-state index is 0.430. The predicted molar refractivity (Wildman–Crippen MR) is 73.2 cm³/mol. The van der Waals surface area contributed by atoms with Crippen LogP contribution < -0.4 is 5.73 Å². The molecule has 0 atom stereocenters. The molecule has 3 heterocycles. The van der Waals surface area contributed by atoms with Gasteiger partial charge in [0.2, 0.25) is 5.65 Å². The smallest absolute Gasteiger partial charge is 0.226 e. The monoisotopic (exact) mass is 273 g/mol. The lowest BCUT2D eigenvalue weighted by Gasteiger charge is -2.08. The maximum Gasteiger partial charge on any atom is 0.226 e. The van der Waals surface area contributed by atoms with Crippen LogP contribution in [0.4, 0.5) is 5.69 Å². The van der Waals surface area contributed by atoms with Crippen molar-refractivity contribution in [2.24, 2.45) is 0 Å². The van der Waals surface area contributed by atoms with E-state index in [9.17, 15) is 0 Å².